The molecule has 1 saturated carbocycles. The van der Waals surface area contributed by atoms with E-state index in [1.54, 1.807) is 18.2 Å². The van der Waals surface area contributed by atoms with Crippen LogP contribution in [0.4, 0.5) is 5.69 Å². The smallest absolute Gasteiger partial charge is 0.337 e. The number of rotatable bonds is 6. The van der Waals surface area contributed by atoms with Crippen molar-refractivity contribution in [3.8, 4) is 0 Å². The molecule has 1 aliphatic carbocycles. The molecule has 0 saturated heterocycles. The summed E-state index contributed by atoms with van der Waals surface area (Å²) in [5.74, 6) is -1.33. The van der Waals surface area contributed by atoms with E-state index in [1.165, 1.54) is 13.2 Å². The van der Waals surface area contributed by atoms with Crippen molar-refractivity contribution in [2.75, 3.05) is 19.0 Å². The van der Waals surface area contributed by atoms with Crippen molar-refractivity contribution in [3.63, 3.8) is 0 Å². The second-order valence-corrected chi connectivity index (χ2v) is 6.50. The Kier molecular flexibility index (Phi) is 5.54. The van der Waals surface area contributed by atoms with E-state index in [0.717, 1.165) is 24.8 Å². The first-order valence-electron chi connectivity index (χ1n) is 8.76. The van der Waals surface area contributed by atoms with Gasteiger partial charge in [0.1, 0.15) is 0 Å². The fourth-order valence-electron chi connectivity index (χ4n) is 3.21. The first-order valence-corrected chi connectivity index (χ1v) is 8.76. The number of amides is 1. The predicted octanol–water partition coefficient (Wildman–Crippen LogP) is 3.08. The summed E-state index contributed by atoms with van der Waals surface area (Å²) in [5, 5.41) is 2.62. The number of esters is 2. The maximum atomic E-state index is 12.6. The maximum absolute atomic E-state index is 12.6. The Morgan fingerprint density at radius 2 is 1.78 bits per heavy atom. The fourth-order valence-corrected chi connectivity index (χ4v) is 3.21. The number of hydrogen-bond acceptors (Lipinski definition) is 5. The normalized spacial score (nSPS) is 14.6. The molecule has 2 aromatic rings. The summed E-state index contributed by atoms with van der Waals surface area (Å²) in [4.78, 5) is 36.3. The lowest BCUT2D eigenvalue weighted by Gasteiger charge is -2.39. The molecule has 0 aromatic heterocycles. The number of hydrogen-bond donors (Lipinski definition) is 1. The molecular weight excluding hydrogens is 346 g/mol. The van der Waals surface area contributed by atoms with E-state index in [9.17, 15) is 14.4 Å². The van der Waals surface area contributed by atoms with Crippen molar-refractivity contribution < 1.29 is 23.9 Å². The molecule has 1 N–H and O–H groups in total. The average Bonchev–Trinajstić information content (AvgIpc) is 2.66. The molecule has 0 heterocycles. The minimum Gasteiger partial charge on any atom is -0.465 e. The largest absolute Gasteiger partial charge is 0.465 e. The van der Waals surface area contributed by atoms with E-state index in [1.807, 2.05) is 30.3 Å². The van der Waals surface area contributed by atoms with Crippen LogP contribution in [0.5, 0.6) is 0 Å². The van der Waals surface area contributed by atoms with Crippen molar-refractivity contribution >= 4 is 23.5 Å². The molecule has 6 nitrogen and oxygen atoms in total. The van der Waals surface area contributed by atoms with Crippen LogP contribution in [0.25, 0.3) is 0 Å². The second kappa shape index (κ2) is 8.03. The monoisotopic (exact) mass is 367 g/mol. The third-order valence-electron chi connectivity index (χ3n) is 4.83. The van der Waals surface area contributed by atoms with Gasteiger partial charge in [-0.05, 0) is 36.6 Å². The van der Waals surface area contributed by atoms with Crippen LogP contribution in [0.1, 0.15) is 35.2 Å². The van der Waals surface area contributed by atoms with Crippen molar-refractivity contribution in [2.45, 2.75) is 24.7 Å². The zero-order chi connectivity index (χ0) is 19.3. The number of ether oxygens (including phenoxy) is 2. The van der Waals surface area contributed by atoms with Gasteiger partial charge in [-0.3, -0.25) is 9.59 Å². The summed E-state index contributed by atoms with van der Waals surface area (Å²) >= 11 is 0. The van der Waals surface area contributed by atoms with E-state index in [2.05, 4.69) is 10.1 Å². The molecule has 2 aromatic carbocycles. The van der Waals surface area contributed by atoms with Crippen LogP contribution >= 0.6 is 0 Å². The first kappa shape index (κ1) is 18.6. The molecular formula is C21H21NO5. The highest BCUT2D eigenvalue weighted by Gasteiger charge is 2.47. The van der Waals surface area contributed by atoms with Gasteiger partial charge in [-0.2, -0.15) is 0 Å². The minimum atomic E-state index is -0.646. The Morgan fingerprint density at radius 3 is 2.41 bits per heavy atom. The quantitative estimate of drug-likeness (QED) is 0.794. The van der Waals surface area contributed by atoms with Crippen molar-refractivity contribution in [2.24, 2.45) is 0 Å². The summed E-state index contributed by atoms with van der Waals surface area (Å²) in [5.41, 5.74) is 1.03. The highest BCUT2D eigenvalue weighted by atomic mass is 16.5. The minimum absolute atomic E-state index is 0.324. The summed E-state index contributed by atoms with van der Waals surface area (Å²) in [6, 6.07) is 15.9. The third-order valence-corrected chi connectivity index (χ3v) is 4.83. The van der Waals surface area contributed by atoms with Gasteiger partial charge in [0.05, 0.1) is 18.1 Å². The average molecular weight is 367 g/mol. The van der Waals surface area contributed by atoms with Gasteiger partial charge in [-0.15, -0.1) is 0 Å². The Labute approximate surface area is 157 Å². The predicted molar refractivity (Wildman–Crippen MR) is 99.3 cm³/mol. The molecule has 0 radical (unpaired) electrons. The SMILES string of the molecule is COC(=O)c1cccc(NC(=O)COC(=O)C2(c3ccccc3)CCC2)c1. The molecule has 0 atom stereocenters. The van der Waals surface area contributed by atoms with Gasteiger partial charge in [0.15, 0.2) is 6.61 Å². The molecule has 0 spiro atoms. The second-order valence-electron chi connectivity index (χ2n) is 6.50. The van der Waals surface area contributed by atoms with Crippen LogP contribution in [-0.4, -0.2) is 31.6 Å². The molecule has 27 heavy (non-hydrogen) atoms. The van der Waals surface area contributed by atoms with E-state index < -0.39 is 17.3 Å². The Balaban J connectivity index is 1.59. The Hall–Kier alpha value is -3.15. The molecule has 0 bridgehead atoms. The van der Waals surface area contributed by atoms with Crippen LogP contribution in [0.3, 0.4) is 0 Å². The molecule has 0 aliphatic heterocycles. The van der Waals surface area contributed by atoms with Gasteiger partial charge in [0, 0.05) is 5.69 Å². The van der Waals surface area contributed by atoms with E-state index >= 15 is 0 Å². The van der Waals surface area contributed by atoms with Crippen LogP contribution in [0.2, 0.25) is 0 Å². The lowest BCUT2D eigenvalue weighted by Crippen LogP contribution is -2.44. The van der Waals surface area contributed by atoms with E-state index in [4.69, 9.17) is 4.74 Å². The summed E-state index contributed by atoms with van der Waals surface area (Å²) in [7, 11) is 1.29. The molecule has 1 fully saturated rings. The maximum Gasteiger partial charge on any atom is 0.337 e. The van der Waals surface area contributed by atoms with E-state index in [-0.39, 0.29) is 12.6 Å². The zero-order valence-electron chi connectivity index (χ0n) is 15.1. The van der Waals surface area contributed by atoms with Gasteiger partial charge in [-0.25, -0.2) is 4.79 Å². The number of benzene rings is 2. The van der Waals surface area contributed by atoms with E-state index in [0.29, 0.717) is 11.3 Å². The lowest BCUT2D eigenvalue weighted by molar-refractivity contribution is -0.156. The number of methoxy groups -OCH3 is 1. The van der Waals surface area contributed by atoms with Crippen LogP contribution < -0.4 is 5.32 Å². The zero-order valence-corrected chi connectivity index (χ0v) is 15.1. The number of anilines is 1. The van der Waals surface area contributed by atoms with Gasteiger partial charge in [0.25, 0.3) is 5.91 Å². The van der Waals surface area contributed by atoms with Crippen molar-refractivity contribution in [3.05, 3.63) is 65.7 Å². The van der Waals surface area contributed by atoms with Crippen LogP contribution in [0, 0.1) is 0 Å². The van der Waals surface area contributed by atoms with Crippen molar-refractivity contribution in [1.29, 1.82) is 0 Å². The van der Waals surface area contributed by atoms with Crippen LogP contribution in [-0.2, 0) is 24.5 Å². The van der Waals surface area contributed by atoms with Gasteiger partial charge in [-0.1, -0.05) is 42.8 Å². The highest BCUT2D eigenvalue weighted by Crippen LogP contribution is 2.44. The summed E-state index contributed by atoms with van der Waals surface area (Å²) in [6.45, 7) is -0.379. The van der Waals surface area contributed by atoms with Crippen LogP contribution in [0.15, 0.2) is 54.6 Å². The molecule has 1 amide bonds. The molecule has 3 rings (SSSR count). The van der Waals surface area contributed by atoms with Gasteiger partial charge in [0.2, 0.25) is 0 Å². The number of nitrogens with one attached hydrogen (secondary N) is 1. The molecule has 140 valence electrons. The van der Waals surface area contributed by atoms with Gasteiger partial charge >= 0.3 is 11.9 Å². The summed E-state index contributed by atoms with van der Waals surface area (Å²) < 4.78 is 9.95. The molecule has 6 heteroatoms. The number of carbonyl (C=O) groups is 3. The Morgan fingerprint density at radius 1 is 1.04 bits per heavy atom. The lowest BCUT2D eigenvalue weighted by atomic mass is 9.64. The molecule has 0 unspecified atom stereocenters. The first-order chi connectivity index (χ1) is 13.0. The number of carbonyl (C=O) groups excluding carboxylic acids is 3. The topological polar surface area (TPSA) is 81.7 Å². The molecule has 1 aliphatic rings. The fraction of sp³-hybridized carbons (Fsp3) is 0.286. The standard InChI is InChI=1S/C21H21NO5/c1-26-19(24)15-7-5-10-17(13-15)22-18(23)14-27-20(25)21(11-6-12-21)16-8-3-2-4-9-16/h2-5,7-10,13H,6,11-12,14H2,1H3,(H,22,23). The van der Waals surface area contributed by atoms with Crippen molar-refractivity contribution in [1.82, 2.24) is 0 Å². The van der Waals surface area contributed by atoms with Gasteiger partial charge < -0.3 is 14.8 Å². The Bertz CT molecular complexity index is 843. The highest BCUT2D eigenvalue weighted by molar-refractivity contribution is 5.96. The summed E-state index contributed by atoms with van der Waals surface area (Å²) in [6.07, 6.45) is 2.40. The third kappa shape index (κ3) is 4.00.